The highest BCUT2D eigenvalue weighted by Gasteiger charge is 2.32. The fourth-order valence-electron chi connectivity index (χ4n) is 3.37. The molecule has 33 heavy (non-hydrogen) atoms. The van der Waals surface area contributed by atoms with Gasteiger partial charge in [0.2, 0.25) is 0 Å². The maximum Gasteiger partial charge on any atom is 0.304 e. The van der Waals surface area contributed by atoms with Crippen LogP contribution in [0.3, 0.4) is 0 Å². The van der Waals surface area contributed by atoms with Gasteiger partial charge in [0.1, 0.15) is 6.79 Å². The van der Waals surface area contributed by atoms with Crippen LogP contribution in [0.25, 0.3) is 10.4 Å². The first-order chi connectivity index (χ1) is 15.5. The molecule has 8 heteroatoms. The van der Waals surface area contributed by atoms with Gasteiger partial charge in [-0.05, 0) is 41.8 Å². The molecule has 0 bridgehead atoms. The molecule has 1 aliphatic carbocycles. The molecule has 0 saturated heterocycles. The van der Waals surface area contributed by atoms with E-state index >= 15 is 0 Å². The minimum atomic E-state index is -1.13. The third-order valence-corrected chi connectivity index (χ3v) is 7.21. The van der Waals surface area contributed by atoms with Gasteiger partial charge in [0.15, 0.2) is 6.10 Å². The summed E-state index contributed by atoms with van der Waals surface area (Å²) in [7, 11) is -1.13. The van der Waals surface area contributed by atoms with Crippen LogP contribution in [0.1, 0.15) is 45.3 Å². The normalized spacial score (nSPS) is 18.2. The van der Waals surface area contributed by atoms with Crippen LogP contribution in [0.15, 0.2) is 41.0 Å². The number of hydrogen-bond acceptors (Lipinski definition) is 5. The summed E-state index contributed by atoms with van der Waals surface area (Å²) in [6.07, 6.45) is 2.82. The Balaban J connectivity index is 2.17. The van der Waals surface area contributed by atoms with Crippen molar-refractivity contribution >= 4 is 19.7 Å². The molecule has 0 saturated carbocycles. The zero-order valence-corrected chi connectivity index (χ0v) is 21.6. The van der Waals surface area contributed by atoms with Crippen LogP contribution in [0, 0.1) is 17.3 Å². The molecule has 0 N–H and O–H groups in total. The van der Waals surface area contributed by atoms with Crippen LogP contribution in [0.4, 0.5) is 5.69 Å². The Labute approximate surface area is 198 Å². The quantitative estimate of drug-likeness (QED) is 0.0589. The van der Waals surface area contributed by atoms with Gasteiger partial charge in [0.25, 0.3) is 0 Å². The van der Waals surface area contributed by atoms with Gasteiger partial charge in [-0.1, -0.05) is 68.8 Å². The molecule has 2 rings (SSSR count). The second-order valence-electron chi connectivity index (χ2n) is 10.1. The Morgan fingerprint density at radius 1 is 1.33 bits per heavy atom. The Hall–Kier alpha value is -2.56. The summed E-state index contributed by atoms with van der Waals surface area (Å²) >= 11 is 0. The summed E-state index contributed by atoms with van der Waals surface area (Å²) in [5, 5.41) is 3.70. The molecule has 0 spiro atoms. The van der Waals surface area contributed by atoms with Crippen molar-refractivity contribution in [1.82, 2.24) is 0 Å². The fourth-order valence-corrected chi connectivity index (χ4v) is 4.13. The standard InChI is InChI=1S/C25H35N3O4Si/c1-19(29)32-23(21-9-7-8-10-22(21)27-28-26)12-11-20-13-14-25(2,3)24(17-20)31-18-30-15-16-33(4,5)6/h7-10,17,23-24H,13-16,18H2,1-6H3. The number of ether oxygens (including phenoxy) is 3. The first-order valence-electron chi connectivity index (χ1n) is 11.2. The van der Waals surface area contributed by atoms with E-state index in [1.54, 1.807) is 24.3 Å². The molecule has 2 atom stereocenters. The number of nitrogens with zero attached hydrogens (tertiary/aromatic N) is 3. The first-order valence-corrected chi connectivity index (χ1v) is 15.0. The Morgan fingerprint density at radius 3 is 2.73 bits per heavy atom. The number of azide groups is 1. The topological polar surface area (TPSA) is 93.5 Å². The second-order valence-corrected chi connectivity index (χ2v) is 15.7. The molecule has 1 aromatic rings. The highest BCUT2D eigenvalue weighted by Crippen LogP contribution is 2.37. The Morgan fingerprint density at radius 2 is 2.06 bits per heavy atom. The van der Waals surface area contributed by atoms with Crippen LogP contribution in [-0.4, -0.2) is 33.5 Å². The zero-order chi connectivity index (χ0) is 24.5. The molecule has 0 fully saturated rings. The lowest BCUT2D eigenvalue weighted by atomic mass is 9.76. The van der Waals surface area contributed by atoms with Crippen LogP contribution in [0.2, 0.25) is 25.7 Å². The summed E-state index contributed by atoms with van der Waals surface area (Å²) < 4.78 is 17.2. The number of carbonyl (C=O) groups is 1. The van der Waals surface area contributed by atoms with Crippen molar-refractivity contribution in [2.24, 2.45) is 10.5 Å². The highest BCUT2D eigenvalue weighted by atomic mass is 28.3. The molecule has 178 valence electrons. The number of allylic oxidation sites excluding steroid dienone is 1. The van der Waals surface area contributed by atoms with Crippen molar-refractivity contribution < 1.29 is 19.0 Å². The van der Waals surface area contributed by atoms with E-state index in [2.05, 4.69) is 55.4 Å². The first kappa shape index (κ1) is 26.7. The average molecular weight is 470 g/mol. The van der Waals surface area contributed by atoms with E-state index < -0.39 is 20.1 Å². The van der Waals surface area contributed by atoms with Crippen molar-refractivity contribution in [2.45, 2.75) is 71.5 Å². The number of benzene rings is 1. The van der Waals surface area contributed by atoms with Crippen molar-refractivity contribution in [3.63, 3.8) is 0 Å². The van der Waals surface area contributed by atoms with Crippen LogP contribution in [-0.2, 0) is 19.0 Å². The smallest absolute Gasteiger partial charge is 0.304 e. The zero-order valence-electron chi connectivity index (χ0n) is 20.6. The summed E-state index contributed by atoms with van der Waals surface area (Å²) in [5.41, 5.74) is 10.7. The van der Waals surface area contributed by atoms with Gasteiger partial charge in [-0.2, -0.15) is 0 Å². The minimum Gasteiger partial charge on any atom is -0.444 e. The predicted octanol–water partition coefficient (Wildman–Crippen LogP) is 6.68. The molecular weight excluding hydrogens is 434 g/mol. The van der Waals surface area contributed by atoms with Crippen molar-refractivity contribution in [3.05, 3.63) is 51.9 Å². The molecule has 1 aromatic carbocycles. The molecule has 0 heterocycles. The van der Waals surface area contributed by atoms with E-state index in [1.165, 1.54) is 6.92 Å². The van der Waals surface area contributed by atoms with Crippen molar-refractivity contribution in [2.75, 3.05) is 13.4 Å². The lowest BCUT2D eigenvalue weighted by Gasteiger charge is -2.36. The van der Waals surface area contributed by atoms with E-state index in [1.807, 2.05) is 6.08 Å². The molecule has 7 nitrogen and oxygen atoms in total. The minimum absolute atomic E-state index is 0.0310. The highest BCUT2D eigenvalue weighted by molar-refractivity contribution is 6.76. The van der Waals surface area contributed by atoms with Crippen LogP contribution in [0.5, 0.6) is 0 Å². The molecule has 0 aromatic heterocycles. The van der Waals surface area contributed by atoms with E-state index in [-0.39, 0.29) is 18.3 Å². The fraction of sp³-hybridized carbons (Fsp3) is 0.560. The van der Waals surface area contributed by atoms with E-state index in [0.717, 1.165) is 24.5 Å². The van der Waals surface area contributed by atoms with Gasteiger partial charge < -0.3 is 14.2 Å². The number of hydrogen-bond donors (Lipinski definition) is 0. The van der Waals surface area contributed by atoms with Crippen molar-refractivity contribution in [3.8, 4) is 11.8 Å². The molecular formula is C25H35N3O4Si. The van der Waals surface area contributed by atoms with Crippen molar-refractivity contribution in [1.29, 1.82) is 0 Å². The Kier molecular flexibility index (Phi) is 9.75. The average Bonchev–Trinajstić information content (AvgIpc) is 2.72. The predicted molar refractivity (Wildman–Crippen MR) is 132 cm³/mol. The number of esters is 1. The lowest BCUT2D eigenvalue weighted by Crippen LogP contribution is -2.34. The van der Waals surface area contributed by atoms with E-state index in [0.29, 0.717) is 17.9 Å². The molecule has 2 unspecified atom stereocenters. The second kappa shape index (κ2) is 12.1. The summed E-state index contributed by atoms with van der Waals surface area (Å²) in [5.74, 6) is 5.76. The van der Waals surface area contributed by atoms with Gasteiger partial charge >= 0.3 is 5.97 Å². The Bertz CT molecular complexity index is 966. The van der Waals surface area contributed by atoms with Gasteiger partial charge in [0.05, 0.1) is 6.10 Å². The molecule has 0 radical (unpaired) electrons. The monoisotopic (exact) mass is 469 g/mol. The third-order valence-electron chi connectivity index (χ3n) is 5.51. The summed E-state index contributed by atoms with van der Waals surface area (Å²) in [6.45, 7) is 13.6. The van der Waals surface area contributed by atoms with E-state index in [4.69, 9.17) is 19.7 Å². The largest absolute Gasteiger partial charge is 0.444 e. The van der Waals surface area contributed by atoms with Crippen LogP contribution >= 0.6 is 0 Å². The third kappa shape index (κ3) is 9.07. The molecule has 0 aliphatic heterocycles. The molecule has 1 aliphatic rings. The number of carbonyl (C=O) groups excluding carboxylic acids is 1. The maximum atomic E-state index is 11.7. The lowest BCUT2D eigenvalue weighted by molar-refractivity contribution is -0.144. The number of rotatable bonds is 9. The summed E-state index contributed by atoms with van der Waals surface area (Å²) in [6, 6.07) is 8.06. The molecule has 0 amide bonds. The van der Waals surface area contributed by atoms with E-state index in [9.17, 15) is 4.79 Å². The van der Waals surface area contributed by atoms with Gasteiger partial charge in [-0.3, -0.25) is 4.79 Å². The van der Waals surface area contributed by atoms with Gasteiger partial charge in [0, 0.05) is 43.3 Å². The SMILES string of the molecule is CC(=O)OC(C#CC1=CC(OCOCC[Si](C)(C)C)C(C)(C)CC1)c1ccccc1N=[N+]=[N-]. The maximum absolute atomic E-state index is 11.7. The van der Waals surface area contributed by atoms with Gasteiger partial charge in [-0.25, -0.2) is 0 Å². The summed E-state index contributed by atoms with van der Waals surface area (Å²) in [4.78, 5) is 14.5. The van der Waals surface area contributed by atoms with Crippen LogP contribution < -0.4 is 0 Å². The van der Waals surface area contributed by atoms with Gasteiger partial charge in [-0.15, -0.1) is 0 Å².